The summed E-state index contributed by atoms with van der Waals surface area (Å²) in [5.74, 6) is -1.33. The molecule has 4 N–H and O–H groups in total. The van der Waals surface area contributed by atoms with E-state index in [0.717, 1.165) is 6.42 Å². The van der Waals surface area contributed by atoms with Gasteiger partial charge in [-0.2, -0.15) is 0 Å². The van der Waals surface area contributed by atoms with Gasteiger partial charge in [-0.15, -0.1) is 0 Å². The highest BCUT2D eigenvalue weighted by molar-refractivity contribution is 6.33. The highest BCUT2D eigenvalue weighted by Gasteiger charge is 2.44. The fraction of sp³-hybridized carbons (Fsp3) is 0.385. The minimum Gasteiger partial charge on any atom is -0.481 e. The number of hydrogen-bond donors (Lipinski definition) is 3. The molecule has 1 aromatic carbocycles. The summed E-state index contributed by atoms with van der Waals surface area (Å²) < 4.78 is 0. The van der Waals surface area contributed by atoms with E-state index in [1.807, 2.05) is 0 Å². The molecule has 0 spiro atoms. The Labute approximate surface area is 115 Å². The summed E-state index contributed by atoms with van der Waals surface area (Å²) in [6, 6.07) is 4.67. The number of carbonyl (C=O) groups is 2. The Morgan fingerprint density at radius 2 is 2.11 bits per heavy atom. The van der Waals surface area contributed by atoms with Crippen molar-refractivity contribution >= 4 is 29.2 Å². The number of hydrogen-bond acceptors (Lipinski definition) is 3. The number of nitrogens with two attached hydrogens (primary N) is 1. The van der Waals surface area contributed by atoms with Gasteiger partial charge in [-0.25, -0.2) is 0 Å². The number of carbonyl (C=O) groups excluding carboxylic acids is 1. The highest BCUT2D eigenvalue weighted by atomic mass is 35.5. The summed E-state index contributed by atoms with van der Waals surface area (Å²) in [4.78, 5) is 22.2. The third-order valence-electron chi connectivity index (χ3n) is 3.64. The Balaban J connectivity index is 2.08. The van der Waals surface area contributed by atoms with Crippen LogP contribution in [0.2, 0.25) is 5.02 Å². The number of carboxylic acids is 1. The lowest BCUT2D eigenvalue weighted by molar-refractivity contribution is -0.153. The zero-order chi connectivity index (χ0) is 14.0. The van der Waals surface area contributed by atoms with E-state index in [9.17, 15) is 14.7 Å². The van der Waals surface area contributed by atoms with Gasteiger partial charge >= 0.3 is 5.97 Å². The number of halogens is 1. The molecular weight excluding hydrogens is 268 g/mol. The summed E-state index contributed by atoms with van der Waals surface area (Å²) in [6.07, 6.45) is 2.28. The Kier molecular flexibility index (Phi) is 3.66. The summed E-state index contributed by atoms with van der Waals surface area (Å²) in [7, 11) is 0. The first-order chi connectivity index (χ1) is 8.94. The normalized spacial score (nSPS) is 16.5. The molecule has 0 aliphatic heterocycles. The molecule has 6 heteroatoms. The van der Waals surface area contributed by atoms with Gasteiger partial charge in [0.1, 0.15) is 0 Å². The Morgan fingerprint density at radius 3 is 2.53 bits per heavy atom. The Hall–Kier alpha value is -1.75. The number of rotatable bonds is 5. The van der Waals surface area contributed by atoms with Gasteiger partial charge in [-0.05, 0) is 31.0 Å². The van der Waals surface area contributed by atoms with E-state index >= 15 is 0 Å². The number of aliphatic carboxylic acids is 1. The molecule has 0 aromatic heterocycles. The van der Waals surface area contributed by atoms with Crippen LogP contribution in [0.3, 0.4) is 0 Å². The van der Waals surface area contributed by atoms with Crippen molar-refractivity contribution in [1.82, 2.24) is 0 Å². The summed E-state index contributed by atoms with van der Waals surface area (Å²) >= 11 is 6.03. The topological polar surface area (TPSA) is 92.4 Å². The molecule has 0 saturated heterocycles. The SMILES string of the molecule is NC(=O)c1ccc(NCC2(C(=O)O)CCC2)c(Cl)c1. The lowest BCUT2D eigenvalue weighted by atomic mass is 9.69. The van der Waals surface area contributed by atoms with E-state index in [2.05, 4.69) is 5.32 Å². The third-order valence-corrected chi connectivity index (χ3v) is 3.95. The standard InChI is InChI=1S/C13H15ClN2O3/c14-9-6-8(11(15)17)2-3-10(9)16-7-13(12(18)19)4-1-5-13/h2-3,6,16H,1,4-5,7H2,(H2,15,17)(H,18,19). The number of primary amides is 1. The zero-order valence-corrected chi connectivity index (χ0v) is 11.0. The lowest BCUT2D eigenvalue weighted by Gasteiger charge is -2.38. The molecule has 1 amide bonds. The van der Waals surface area contributed by atoms with Gasteiger partial charge in [0, 0.05) is 12.1 Å². The number of benzene rings is 1. The van der Waals surface area contributed by atoms with Gasteiger partial charge in [0.15, 0.2) is 0 Å². The molecule has 5 nitrogen and oxygen atoms in total. The summed E-state index contributed by atoms with van der Waals surface area (Å²) in [5.41, 5.74) is 5.40. The van der Waals surface area contributed by atoms with Crippen LogP contribution in [-0.4, -0.2) is 23.5 Å². The predicted octanol–water partition coefficient (Wildman–Crippen LogP) is 2.11. The molecule has 2 rings (SSSR count). The van der Waals surface area contributed by atoms with Crippen molar-refractivity contribution in [3.8, 4) is 0 Å². The zero-order valence-electron chi connectivity index (χ0n) is 10.3. The van der Waals surface area contributed by atoms with Crippen LogP contribution in [0.15, 0.2) is 18.2 Å². The van der Waals surface area contributed by atoms with Crippen molar-refractivity contribution in [2.45, 2.75) is 19.3 Å². The van der Waals surface area contributed by atoms with Crippen LogP contribution < -0.4 is 11.1 Å². The molecule has 0 unspecified atom stereocenters. The predicted molar refractivity (Wildman–Crippen MR) is 72.4 cm³/mol. The van der Waals surface area contributed by atoms with Crippen LogP contribution in [0.25, 0.3) is 0 Å². The minimum atomic E-state index is -0.781. The van der Waals surface area contributed by atoms with Gasteiger partial charge in [0.05, 0.1) is 16.1 Å². The van der Waals surface area contributed by atoms with Crippen molar-refractivity contribution in [2.75, 3.05) is 11.9 Å². The van der Waals surface area contributed by atoms with Gasteiger partial charge in [0.25, 0.3) is 0 Å². The maximum Gasteiger partial charge on any atom is 0.311 e. The van der Waals surface area contributed by atoms with Crippen molar-refractivity contribution in [3.63, 3.8) is 0 Å². The van der Waals surface area contributed by atoms with Gasteiger partial charge < -0.3 is 16.2 Å². The van der Waals surface area contributed by atoms with Crippen LogP contribution >= 0.6 is 11.6 Å². The Bertz CT molecular complexity index is 527. The van der Waals surface area contributed by atoms with Crippen LogP contribution in [0, 0.1) is 5.41 Å². The highest BCUT2D eigenvalue weighted by Crippen LogP contribution is 2.41. The molecule has 1 aliphatic carbocycles. The quantitative estimate of drug-likeness (QED) is 0.771. The molecule has 19 heavy (non-hydrogen) atoms. The summed E-state index contributed by atoms with van der Waals surface area (Å²) in [6.45, 7) is 0.331. The van der Waals surface area contributed by atoms with Gasteiger partial charge in [-0.1, -0.05) is 18.0 Å². The van der Waals surface area contributed by atoms with E-state index in [1.54, 1.807) is 12.1 Å². The first-order valence-electron chi connectivity index (χ1n) is 6.01. The molecule has 0 heterocycles. The van der Waals surface area contributed by atoms with E-state index in [0.29, 0.717) is 35.7 Å². The third kappa shape index (κ3) is 2.66. The van der Waals surface area contributed by atoms with E-state index in [-0.39, 0.29) is 0 Å². The largest absolute Gasteiger partial charge is 0.481 e. The fourth-order valence-corrected chi connectivity index (χ4v) is 2.39. The van der Waals surface area contributed by atoms with Crippen LogP contribution in [0.1, 0.15) is 29.6 Å². The molecule has 102 valence electrons. The van der Waals surface area contributed by atoms with E-state index in [4.69, 9.17) is 17.3 Å². The maximum atomic E-state index is 11.2. The van der Waals surface area contributed by atoms with Crippen molar-refractivity contribution in [2.24, 2.45) is 11.1 Å². The Morgan fingerprint density at radius 1 is 1.42 bits per heavy atom. The second-order valence-corrected chi connectivity index (χ2v) is 5.26. The molecular formula is C13H15ClN2O3. The number of amides is 1. The van der Waals surface area contributed by atoms with E-state index < -0.39 is 17.3 Å². The second-order valence-electron chi connectivity index (χ2n) is 4.85. The fourth-order valence-electron chi connectivity index (χ4n) is 2.15. The maximum absolute atomic E-state index is 11.2. The lowest BCUT2D eigenvalue weighted by Crippen LogP contribution is -2.43. The average Bonchev–Trinajstić information content (AvgIpc) is 2.28. The van der Waals surface area contributed by atoms with Gasteiger partial charge in [-0.3, -0.25) is 9.59 Å². The van der Waals surface area contributed by atoms with Crippen LogP contribution in [0.4, 0.5) is 5.69 Å². The van der Waals surface area contributed by atoms with E-state index in [1.165, 1.54) is 6.07 Å². The molecule has 1 saturated carbocycles. The van der Waals surface area contributed by atoms with Crippen molar-refractivity contribution in [1.29, 1.82) is 0 Å². The molecule has 1 aromatic rings. The molecule has 0 radical (unpaired) electrons. The molecule has 1 fully saturated rings. The van der Waals surface area contributed by atoms with Crippen molar-refractivity contribution < 1.29 is 14.7 Å². The number of anilines is 1. The van der Waals surface area contributed by atoms with Crippen LogP contribution in [-0.2, 0) is 4.79 Å². The number of carboxylic acid groups (broad SMARTS) is 1. The second kappa shape index (κ2) is 5.09. The summed E-state index contributed by atoms with van der Waals surface area (Å²) in [5, 5.41) is 12.6. The number of nitrogens with one attached hydrogen (secondary N) is 1. The first-order valence-corrected chi connectivity index (χ1v) is 6.39. The first kappa shape index (κ1) is 13.7. The molecule has 1 aliphatic rings. The minimum absolute atomic E-state index is 0.326. The van der Waals surface area contributed by atoms with Gasteiger partial charge in [0.2, 0.25) is 5.91 Å². The molecule has 0 bridgehead atoms. The molecule has 0 atom stereocenters. The van der Waals surface area contributed by atoms with Crippen LogP contribution in [0.5, 0.6) is 0 Å². The average molecular weight is 283 g/mol. The smallest absolute Gasteiger partial charge is 0.311 e. The monoisotopic (exact) mass is 282 g/mol. The van der Waals surface area contributed by atoms with Crippen molar-refractivity contribution in [3.05, 3.63) is 28.8 Å².